The van der Waals surface area contributed by atoms with E-state index in [1.807, 2.05) is 0 Å². The van der Waals surface area contributed by atoms with Crippen LogP contribution >= 0.6 is 11.6 Å². The molecule has 9 heteroatoms. The van der Waals surface area contributed by atoms with Crippen LogP contribution in [0.15, 0.2) is 65.7 Å². The van der Waals surface area contributed by atoms with Crippen molar-refractivity contribution in [3.8, 4) is 0 Å². The molecule has 3 aromatic rings. The molecule has 138 valence electrons. The predicted octanol–water partition coefficient (Wildman–Crippen LogP) is 3.49. The molecule has 2 aromatic carbocycles. The van der Waals surface area contributed by atoms with Crippen molar-refractivity contribution < 1.29 is 13.2 Å². The number of rotatable bonds is 5. The van der Waals surface area contributed by atoms with Crippen LogP contribution in [0.3, 0.4) is 0 Å². The van der Waals surface area contributed by atoms with Crippen molar-refractivity contribution in [2.24, 2.45) is 0 Å². The molecule has 0 saturated carbocycles. The number of carbonyl (C=O) groups is 1. The van der Waals surface area contributed by atoms with Gasteiger partial charge in [0.15, 0.2) is 0 Å². The zero-order valence-corrected chi connectivity index (χ0v) is 15.8. The summed E-state index contributed by atoms with van der Waals surface area (Å²) in [6, 6.07) is 13.9. The number of anilines is 2. The number of halogens is 1. The van der Waals surface area contributed by atoms with Crippen LogP contribution in [0.25, 0.3) is 0 Å². The van der Waals surface area contributed by atoms with E-state index in [2.05, 4.69) is 20.0 Å². The lowest BCUT2D eigenvalue weighted by atomic mass is 10.2. The zero-order valence-electron chi connectivity index (χ0n) is 14.2. The van der Waals surface area contributed by atoms with Crippen LogP contribution in [-0.2, 0) is 10.0 Å². The van der Waals surface area contributed by atoms with E-state index in [-0.39, 0.29) is 16.8 Å². The van der Waals surface area contributed by atoms with Gasteiger partial charge in [0.1, 0.15) is 0 Å². The number of hydrogen-bond acceptors (Lipinski definition) is 5. The molecule has 0 aliphatic rings. The van der Waals surface area contributed by atoms with E-state index < -0.39 is 10.0 Å². The van der Waals surface area contributed by atoms with E-state index in [0.717, 1.165) is 0 Å². The maximum Gasteiger partial charge on any atom is 0.264 e. The second-order valence-electron chi connectivity index (χ2n) is 5.62. The smallest absolute Gasteiger partial charge is 0.264 e. The van der Waals surface area contributed by atoms with Gasteiger partial charge in [-0.3, -0.25) is 4.79 Å². The number of aryl methyl sites for hydroxylation is 1. The molecule has 0 spiro atoms. The quantitative estimate of drug-likeness (QED) is 0.680. The van der Waals surface area contributed by atoms with Gasteiger partial charge >= 0.3 is 0 Å². The predicted molar refractivity (Wildman–Crippen MR) is 103 cm³/mol. The van der Waals surface area contributed by atoms with Crippen LogP contribution in [0, 0.1) is 6.92 Å². The summed E-state index contributed by atoms with van der Waals surface area (Å²) >= 11 is 5.88. The van der Waals surface area contributed by atoms with E-state index >= 15 is 0 Å². The van der Waals surface area contributed by atoms with Gasteiger partial charge in [-0.05, 0) is 55.5 Å². The maximum absolute atomic E-state index is 12.4. The first-order valence-electron chi connectivity index (χ1n) is 7.83. The number of sulfonamides is 1. The molecule has 0 unspecified atom stereocenters. The molecule has 1 aromatic heterocycles. The average molecular weight is 403 g/mol. The van der Waals surface area contributed by atoms with Crippen LogP contribution in [0.4, 0.5) is 11.6 Å². The Kier molecular flexibility index (Phi) is 5.38. The Morgan fingerprint density at radius 3 is 2.48 bits per heavy atom. The standard InChI is InChI=1S/C18H15ClN4O3S/c1-12-9-10-20-18(21-12)23-27(25,26)16-7-5-15(6-8-16)22-17(24)13-3-2-4-14(19)11-13/h2-11H,1H3,(H,22,24)(H,20,21,23). The number of benzene rings is 2. The Hall–Kier alpha value is -2.97. The zero-order chi connectivity index (χ0) is 19.4. The summed E-state index contributed by atoms with van der Waals surface area (Å²) in [4.78, 5) is 20.1. The molecule has 2 N–H and O–H groups in total. The number of amides is 1. The molecule has 0 radical (unpaired) electrons. The molecule has 1 heterocycles. The van der Waals surface area contributed by atoms with E-state index in [9.17, 15) is 13.2 Å². The van der Waals surface area contributed by atoms with Gasteiger partial charge in [-0.25, -0.2) is 23.1 Å². The Balaban J connectivity index is 1.73. The Morgan fingerprint density at radius 2 is 1.81 bits per heavy atom. The van der Waals surface area contributed by atoms with Crippen LogP contribution in [0.5, 0.6) is 0 Å². The van der Waals surface area contributed by atoms with Crippen molar-refractivity contribution in [3.05, 3.63) is 77.1 Å². The average Bonchev–Trinajstić information content (AvgIpc) is 2.62. The van der Waals surface area contributed by atoms with Gasteiger partial charge in [0.05, 0.1) is 4.90 Å². The summed E-state index contributed by atoms with van der Waals surface area (Å²) in [5, 5.41) is 3.14. The van der Waals surface area contributed by atoms with Crippen molar-refractivity contribution in [2.45, 2.75) is 11.8 Å². The number of nitrogens with zero attached hydrogens (tertiary/aromatic N) is 2. The van der Waals surface area contributed by atoms with E-state index in [1.165, 1.54) is 30.5 Å². The maximum atomic E-state index is 12.4. The third-order valence-corrected chi connectivity index (χ3v) is 5.11. The van der Waals surface area contributed by atoms with Gasteiger partial charge in [-0.1, -0.05) is 17.7 Å². The lowest BCUT2D eigenvalue weighted by Crippen LogP contribution is -2.15. The molecular weight excluding hydrogens is 388 g/mol. The van der Waals surface area contributed by atoms with Crippen molar-refractivity contribution >= 4 is 39.2 Å². The van der Waals surface area contributed by atoms with Gasteiger partial charge in [-0.15, -0.1) is 0 Å². The van der Waals surface area contributed by atoms with Gasteiger partial charge in [0.2, 0.25) is 5.95 Å². The molecule has 1 amide bonds. The topological polar surface area (TPSA) is 101 Å². The van der Waals surface area contributed by atoms with E-state index in [0.29, 0.717) is 22.0 Å². The first-order chi connectivity index (χ1) is 12.8. The lowest BCUT2D eigenvalue weighted by Gasteiger charge is -2.09. The van der Waals surface area contributed by atoms with Crippen molar-refractivity contribution in [2.75, 3.05) is 10.0 Å². The molecule has 0 atom stereocenters. The molecule has 0 saturated heterocycles. The third kappa shape index (κ3) is 4.81. The monoisotopic (exact) mass is 402 g/mol. The summed E-state index contributed by atoms with van der Waals surface area (Å²) in [5.41, 5.74) is 1.49. The number of hydrogen-bond donors (Lipinski definition) is 2. The summed E-state index contributed by atoms with van der Waals surface area (Å²) in [7, 11) is -3.84. The molecule has 0 bridgehead atoms. The minimum Gasteiger partial charge on any atom is -0.322 e. The highest BCUT2D eigenvalue weighted by molar-refractivity contribution is 7.92. The minimum atomic E-state index is -3.84. The fourth-order valence-corrected chi connectivity index (χ4v) is 3.37. The Bertz CT molecular complexity index is 1090. The number of aromatic nitrogens is 2. The van der Waals surface area contributed by atoms with Gasteiger partial charge in [-0.2, -0.15) is 0 Å². The van der Waals surface area contributed by atoms with Gasteiger partial charge in [0, 0.05) is 28.2 Å². The second-order valence-corrected chi connectivity index (χ2v) is 7.73. The van der Waals surface area contributed by atoms with Crippen LogP contribution in [-0.4, -0.2) is 24.3 Å². The molecule has 0 aliphatic heterocycles. The normalized spacial score (nSPS) is 11.0. The number of carbonyl (C=O) groups excluding carboxylic acids is 1. The molecule has 0 aliphatic carbocycles. The largest absolute Gasteiger partial charge is 0.322 e. The fraction of sp³-hybridized carbons (Fsp3) is 0.0556. The highest BCUT2D eigenvalue weighted by Gasteiger charge is 2.16. The Morgan fingerprint density at radius 1 is 1.07 bits per heavy atom. The summed E-state index contributed by atoms with van der Waals surface area (Å²) in [6.07, 6.45) is 1.47. The lowest BCUT2D eigenvalue weighted by molar-refractivity contribution is 0.102. The highest BCUT2D eigenvalue weighted by Crippen LogP contribution is 2.18. The van der Waals surface area contributed by atoms with E-state index in [4.69, 9.17) is 11.6 Å². The van der Waals surface area contributed by atoms with Gasteiger partial charge in [0.25, 0.3) is 15.9 Å². The Labute approximate surface area is 161 Å². The molecular formula is C18H15ClN4O3S. The fourth-order valence-electron chi connectivity index (χ4n) is 2.23. The first kappa shape index (κ1) is 18.8. The van der Waals surface area contributed by atoms with Crippen LogP contribution in [0.2, 0.25) is 5.02 Å². The number of nitrogens with one attached hydrogen (secondary N) is 2. The molecule has 7 nitrogen and oxygen atoms in total. The van der Waals surface area contributed by atoms with Gasteiger partial charge < -0.3 is 5.32 Å². The molecule has 3 rings (SSSR count). The minimum absolute atomic E-state index is 0.00617. The van der Waals surface area contributed by atoms with Crippen LogP contribution in [0.1, 0.15) is 16.1 Å². The summed E-state index contributed by atoms with van der Waals surface area (Å²) < 4.78 is 27.1. The third-order valence-electron chi connectivity index (χ3n) is 3.53. The van der Waals surface area contributed by atoms with Crippen molar-refractivity contribution in [1.82, 2.24) is 9.97 Å². The van der Waals surface area contributed by atoms with Crippen molar-refractivity contribution in [1.29, 1.82) is 0 Å². The summed E-state index contributed by atoms with van der Waals surface area (Å²) in [6.45, 7) is 1.73. The highest BCUT2D eigenvalue weighted by atomic mass is 35.5. The van der Waals surface area contributed by atoms with E-state index in [1.54, 1.807) is 37.3 Å². The van der Waals surface area contributed by atoms with Crippen molar-refractivity contribution in [3.63, 3.8) is 0 Å². The van der Waals surface area contributed by atoms with Crippen LogP contribution < -0.4 is 10.0 Å². The SMILES string of the molecule is Cc1ccnc(NS(=O)(=O)c2ccc(NC(=O)c3cccc(Cl)c3)cc2)n1. The first-order valence-corrected chi connectivity index (χ1v) is 9.69. The second kappa shape index (κ2) is 7.73. The molecule has 0 fully saturated rings. The molecule has 27 heavy (non-hydrogen) atoms. The summed E-state index contributed by atoms with van der Waals surface area (Å²) in [5.74, 6) is -0.354.